The Balaban J connectivity index is 0.00000288. The van der Waals surface area contributed by atoms with E-state index in [1.807, 2.05) is 11.3 Å². The maximum atomic E-state index is 12.7. The van der Waals surface area contributed by atoms with Crippen molar-refractivity contribution in [2.45, 2.75) is 45.6 Å². The van der Waals surface area contributed by atoms with E-state index in [9.17, 15) is 4.79 Å². The molecule has 1 aromatic heterocycles. The Morgan fingerprint density at radius 2 is 2.08 bits per heavy atom. The summed E-state index contributed by atoms with van der Waals surface area (Å²) in [5.74, 6) is 0.601. The average Bonchev–Trinajstić information content (AvgIpc) is 3.09. The van der Waals surface area contributed by atoms with Crippen molar-refractivity contribution < 1.29 is 4.79 Å². The quantitative estimate of drug-likeness (QED) is 0.718. The number of halogens is 2. The molecule has 0 bridgehead atoms. The zero-order valence-electron chi connectivity index (χ0n) is 15.5. The molecule has 1 aliphatic heterocycles. The van der Waals surface area contributed by atoms with Crippen molar-refractivity contribution in [3.8, 4) is 0 Å². The molecular formula is C18H33Cl2N3OS. The molecule has 2 rings (SSSR count). The monoisotopic (exact) mass is 409 g/mol. The smallest absolute Gasteiger partial charge is 0.227 e. The molecule has 25 heavy (non-hydrogen) atoms. The van der Waals surface area contributed by atoms with Gasteiger partial charge in [-0.05, 0) is 56.6 Å². The van der Waals surface area contributed by atoms with Gasteiger partial charge in [-0.25, -0.2) is 0 Å². The topological polar surface area (TPSA) is 58.4 Å². The molecule has 1 aromatic rings. The average molecular weight is 410 g/mol. The summed E-state index contributed by atoms with van der Waals surface area (Å²) >= 11 is 1.82. The van der Waals surface area contributed by atoms with E-state index in [1.165, 1.54) is 17.7 Å². The van der Waals surface area contributed by atoms with E-state index in [1.54, 1.807) is 0 Å². The first-order chi connectivity index (χ1) is 11.1. The van der Waals surface area contributed by atoms with Crippen LogP contribution in [0.3, 0.4) is 0 Å². The van der Waals surface area contributed by atoms with Crippen LogP contribution in [0.5, 0.6) is 0 Å². The normalized spacial score (nSPS) is 21.1. The van der Waals surface area contributed by atoms with Gasteiger partial charge in [-0.15, -0.1) is 36.2 Å². The van der Waals surface area contributed by atoms with Gasteiger partial charge in [0.05, 0.1) is 5.41 Å². The maximum absolute atomic E-state index is 12.7. The Labute approximate surface area is 168 Å². The molecule has 2 heterocycles. The van der Waals surface area contributed by atoms with E-state index in [-0.39, 0.29) is 30.7 Å². The second-order valence-corrected chi connectivity index (χ2v) is 7.72. The van der Waals surface area contributed by atoms with Gasteiger partial charge in [-0.2, -0.15) is 0 Å². The van der Waals surface area contributed by atoms with Crippen LogP contribution in [0.15, 0.2) is 17.5 Å². The summed E-state index contributed by atoms with van der Waals surface area (Å²) in [6.45, 7) is 6.40. The molecule has 1 fully saturated rings. The van der Waals surface area contributed by atoms with Crippen molar-refractivity contribution in [2.75, 3.05) is 26.7 Å². The molecule has 0 spiro atoms. The zero-order valence-corrected chi connectivity index (χ0v) is 17.9. The minimum Gasteiger partial charge on any atom is -0.355 e. The van der Waals surface area contributed by atoms with Crippen LogP contribution in [0.4, 0.5) is 0 Å². The number of nitrogens with two attached hydrogens (primary N) is 1. The summed E-state index contributed by atoms with van der Waals surface area (Å²) in [7, 11) is 2.20. The van der Waals surface area contributed by atoms with Gasteiger partial charge in [0.15, 0.2) is 0 Å². The van der Waals surface area contributed by atoms with E-state index < -0.39 is 5.41 Å². The van der Waals surface area contributed by atoms with Gasteiger partial charge in [0.2, 0.25) is 5.91 Å². The molecule has 1 amide bonds. The van der Waals surface area contributed by atoms with Crippen molar-refractivity contribution in [2.24, 2.45) is 17.1 Å². The summed E-state index contributed by atoms with van der Waals surface area (Å²) in [5.41, 5.74) is 5.49. The molecule has 2 atom stereocenters. The van der Waals surface area contributed by atoms with Crippen LogP contribution in [0.25, 0.3) is 0 Å². The number of rotatable bonds is 7. The lowest BCUT2D eigenvalue weighted by molar-refractivity contribution is -0.131. The second-order valence-electron chi connectivity index (χ2n) is 6.74. The minimum atomic E-state index is -0.404. The number of piperidine rings is 1. The first kappa shape index (κ1) is 24.7. The van der Waals surface area contributed by atoms with Gasteiger partial charge >= 0.3 is 0 Å². The fraction of sp³-hybridized carbons (Fsp3) is 0.722. The number of amides is 1. The van der Waals surface area contributed by atoms with Gasteiger partial charge in [0, 0.05) is 24.0 Å². The number of hydrogen-bond acceptors (Lipinski definition) is 4. The van der Waals surface area contributed by atoms with Crippen LogP contribution >= 0.6 is 36.2 Å². The van der Waals surface area contributed by atoms with E-state index in [0.29, 0.717) is 18.5 Å². The van der Waals surface area contributed by atoms with E-state index >= 15 is 0 Å². The van der Waals surface area contributed by atoms with Crippen LogP contribution < -0.4 is 11.1 Å². The third-order valence-corrected chi connectivity index (χ3v) is 6.54. The van der Waals surface area contributed by atoms with Crippen LogP contribution in [0, 0.1) is 11.3 Å². The molecule has 7 heteroatoms. The van der Waals surface area contributed by atoms with Crippen LogP contribution in [-0.2, 0) is 4.79 Å². The van der Waals surface area contributed by atoms with Gasteiger partial charge in [0.25, 0.3) is 0 Å². The largest absolute Gasteiger partial charge is 0.355 e. The lowest BCUT2D eigenvalue weighted by atomic mass is 9.81. The summed E-state index contributed by atoms with van der Waals surface area (Å²) < 4.78 is 0. The molecule has 4 nitrogen and oxygen atoms in total. The molecule has 0 radical (unpaired) electrons. The number of nitrogens with zero attached hydrogens (tertiary/aromatic N) is 1. The first-order valence-corrected chi connectivity index (χ1v) is 9.68. The number of hydrogen-bond donors (Lipinski definition) is 2. The molecule has 0 saturated carbocycles. The Morgan fingerprint density at radius 1 is 1.40 bits per heavy atom. The van der Waals surface area contributed by atoms with E-state index in [2.05, 4.69) is 48.6 Å². The number of thiophene rings is 1. The highest BCUT2D eigenvalue weighted by molar-refractivity contribution is 7.10. The number of carbonyl (C=O) groups is 1. The van der Waals surface area contributed by atoms with Crippen molar-refractivity contribution in [1.82, 2.24) is 10.2 Å². The zero-order chi connectivity index (χ0) is 16.9. The number of nitrogens with one attached hydrogen (secondary N) is 1. The summed E-state index contributed by atoms with van der Waals surface area (Å²) in [6, 6.07) is 4.75. The summed E-state index contributed by atoms with van der Waals surface area (Å²) in [5, 5.41) is 5.36. The Kier molecular flexibility index (Phi) is 11.2. The van der Waals surface area contributed by atoms with Gasteiger partial charge in [0.1, 0.15) is 0 Å². The SMILES string of the molecule is CCC(CC)(CN)C(=O)NCC1CCCN(C)C1c1cccs1.Cl.Cl. The third kappa shape index (κ3) is 5.57. The first-order valence-electron chi connectivity index (χ1n) is 8.80. The lowest BCUT2D eigenvalue weighted by Gasteiger charge is -2.39. The summed E-state index contributed by atoms with van der Waals surface area (Å²) in [4.78, 5) is 16.5. The minimum absolute atomic E-state index is 0. The second kappa shape index (κ2) is 11.4. The fourth-order valence-corrected chi connectivity index (χ4v) is 4.73. The highest BCUT2D eigenvalue weighted by atomic mass is 35.5. The predicted molar refractivity (Wildman–Crippen MR) is 112 cm³/mol. The van der Waals surface area contributed by atoms with Gasteiger partial charge in [-0.1, -0.05) is 19.9 Å². The predicted octanol–water partition coefficient (Wildman–Crippen LogP) is 3.86. The van der Waals surface area contributed by atoms with Crippen molar-refractivity contribution in [3.05, 3.63) is 22.4 Å². The van der Waals surface area contributed by atoms with Gasteiger partial charge in [-0.3, -0.25) is 9.69 Å². The highest BCUT2D eigenvalue weighted by Crippen LogP contribution is 2.37. The van der Waals surface area contributed by atoms with Crippen molar-refractivity contribution in [3.63, 3.8) is 0 Å². The fourth-order valence-electron chi connectivity index (χ4n) is 3.75. The van der Waals surface area contributed by atoms with Gasteiger partial charge < -0.3 is 11.1 Å². The Bertz CT molecular complexity index is 486. The molecule has 3 N–H and O–H groups in total. The van der Waals surface area contributed by atoms with E-state index in [4.69, 9.17) is 5.73 Å². The van der Waals surface area contributed by atoms with E-state index in [0.717, 1.165) is 25.9 Å². The standard InChI is InChI=1S/C18H31N3OS.2ClH/c1-4-18(5-2,13-19)17(22)20-12-14-8-6-10-21(3)16(14)15-9-7-11-23-15;;/h7,9,11,14,16H,4-6,8,10,12-13,19H2,1-3H3,(H,20,22);2*1H. The van der Waals surface area contributed by atoms with Crippen LogP contribution in [-0.4, -0.2) is 37.5 Å². The van der Waals surface area contributed by atoms with Crippen LogP contribution in [0.1, 0.15) is 50.4 Å². The molecule has 0 aliphatic carbocycles. The molecule has 2 unspecified atom stereocenters. The number of likely N-dealkylation sites (tertiary alicyclic amines) is 1. The lowest BCUT2D eigenvalue weighted by Crippen LogP contribution is -2.48. The molecular weight excluding hydrogens is 377 g/mol. The Hall–Kier alpha value is -0.330. The molecule has 1 aliphatic rings. The van der Waals surface area contributed by atoms with Crippen LogP contribution in [0.2, 0.25) is 0 Å². The Morgan fingerprint density at radius 3 is 2.60 bits per heavy atom. The summed E-state index contributed by atoms with van der Waals surface area (Å²) in [6.07, 6.45) is 3.96. The molecule has 1 saturated heterocycles. The molecule has 0 aromatic carbocycles. The van der Waals surface area contributed by atoms with Crippen molar-refractivity contribution >= 4 is 42.1 Å². The molecule has 146 valence electrons. The maximum Gasteiger partial charge on any atom is 0.227 e. The number of carbonyl (C=O) groups excluding carboxylic acids is 1. The highest BCUT2D eigenvalue weighted by Gasteiger charge is 2.35. The van der Waals surface area contributed by atoms with Crippen molar-refractivity contribution in [1.29, 1.82) is 0 Å². The third-order valence-electron chi connectivity index (χ3n) is 5.59.